The normalized spacial score (nSPS) is 17.4. The summed E-state index contributed by atoms with van der Waals surface area (Å²) in [4.78, 5) is 0. The molecule has 1 aromatic carbocycles. The van der Waals surface area contributed by atoms with Gasteiger partial charge in [-0.1, -0.05) is 0 Å². The van der Waals surface area contributed by atoms with Gasteiger partial charge in [0.15, 0.2) is 0 Å². The monoisotopic (exact) mass is 223 g/mol. The van der Waals surface area contributed by atoms with Gasteiger partial charge in [-0.2, -0.15) is 0 Å². The van der Waals surface area contributed by atoms with Crippen molar-refractivity contribution >= 4 is 0 Å². The summed E-state index contributed by atoms with van der Waals surface area (Å²) in [5, 5.41) is 3.29. The number of ether oxygens (including phenoxy) is 1. The Balaban J connectivity index is 2.31. The highest BCUT2D eigenvalue weighted by atomic mass is 19.1. The van der Waals surface area contributed by atoms with E-state index in [-0.39, 0.29) is 5.82 Å². The topological polar surface area (TPSA) is 21.3 Å². The molecule has 0 radical (unpaired) electrons. The molecule has 0 amide bonds. The molecule has 0 atom stereocenters. The van der Waals surface area contributed by atoms with Crippen molar-refractivity contribution < 1.29 is 9.13 Å². The maximum absolute atomic E-state index is 13.9. The molecule has 1 aliphatic rings. The molecule has 1 heterocycles. The number of aryl methyl sites for hydroxylation is 1. The molecule has 0 spiro atoms. The minimum atomic E-state index is -0.0924. The van der Waals surface area contributed by atoms with Crippen molar-refractivity contribution in [1.29, 1.82) is 0 Å². The van der Waals surface area contributed by atoms with Gasteiger partial charge in [0.25, 0.3) is 0 Å². The van der Waals surface area contributed by atoms with Crippen LogP contribution in [0.3, 0.4) is 0 Å². The molecule has 88 valence electrons. The van der Waals surface area contributed by atoms with Crippen LogP contribution in [0.2, 0.25) is 0 Å². The molecule has 1 saturated heterocycles. The van der Waals surface area contributed by atoms with Gasteiger partial charge in [0.1, 0.15) is 11.6 Å². The van der Waals surface area contributed by atoms with Crippen LogP contribution in [0.25, 0.3) is 0 Å². The van der Waals surface area contributed by atoms with Crippen molar-refractivity contribution in [2.75, 3.05) is 20.2 Å². The molecule has 1 aliphatic heterocycles. The largest absolute Gasteiger partial charge is 0.496 e. The van der Waals surface area contributed by atoms with Crippen LogP contribution in [0.15, 0.2) is 12.1 Å². The number of methoxy groups -OCH3 is 1. The fourth-order valence-corrected chi connectivity index (χ4v) is 2.33. The Morgan fingerprint density at radius 3 is 2.62 bits per heavy atom. The number of benzene rings is 1. The first-order valence-corrected chi connectivity index (χ1v) is 5.77. The number of hydrogen-bond donors (Lipinski definition) is 1. The van der Waals surface area contributed by atoms with E-state index in [2.05, 4.69) is 5.32 Å². The Kier molecular flexibility index (Phi) is 3.44. The smallest absolute Gasteiger partial charge is 0.127 e. The van der Waals surface area contributed by atoms with Gasteiger partial charge in [-0.15, -0.1) is 0 Å². The molecular formula is C13H18FNO. The zero-order chi connectivity index (χ0) is 11.5. The second-order valence-electron chi connectivity index (χ2n) is 4.37. The third-order valence-electron chi connectivity index (χ3n) is 3.29. The van der Waals surface area contributed by atoms with E-state index in [0.717, 1.165) is 42.8 Å². The van der Waals surface area contributed by atoms with Crippen molar-refractivity contribution in [2.45, 2.75) is 25.7 Å². The van der Waals surface area contributed by atoms with Crippen LogP contribution in [-0.4, -0.2) is 20.2 Å². The predicted molar refractivity (Wildman–Crippen MR) is 62.5 cm³/mol. The molecule has 0 aromatic heterocycles. The van der Waals surface area contributed by atoms with E-state index >= 15 is 0 Å². The SMILES string of the molecule is COc1cc(C2CCNCC2)c(F)cc1C. The fourth-order valence-electron chi connectivity index (χ4n) is 2.33. The molecule has 1 N–H and O–H groups in total. The Morgan fingerprint density at radius 1 is 1.31 bits per heavy atom. The molecule has 0 aliphatic carbocycles. The molecular weight excluding hydrogens is 205 g/mol. The zero-order valence-electron chi connectivity index (χ0n) is 9.85. The van der Waals surface area contributed by atoms with E-state index < -0.39 is 0 Å². The Labute approximate surface area is 95.8 Å². The summed E-state index contributed by atoms with van der Waals surface area (Å²) in [6.45, 7) is 3.81. The highest BCUT2D eigenvalue weighted by Crippen LogP contribution is 2.31. The van der Waals surface area contributed by atoms with Crippen LogP contribution in [0, 0.1) is 12.7 Å². The Hall–Kier alpha value is -1.09. The molecule has 0 saturated carbocycles. The van der Waals surface area contributed by atoms with Gasteiger partial charge in [0, 0.05) is 0 Å². The molecule has 16 heavy (non-hydrogen) atoms. The van der Waals surface area contributed by atoms with Crippen LogP contribution in [0.4, 0.5) is 4.39 Å². The highest BCUT2D eigenvalue weighted by molar-refractivity contribution is 5.39. The molecule has 1 aromatic rings. The van der Waals surface area contributed by atoms with Gasteiger partial charge in [0.2, 0.25) is 0 Å². The number of halogens is 1. The van der Waals surface area contributed by atoms with Gasteiger partial charge in [-0.05, 0) is 62.0 Å². The minimum Gasteiger partial charge on any atom is -0.496 e. The summed E-state index contributed by atoms with van der Waals surface area (Å²) >= 11 is 0. The van der Waals surface area contributed by atoms with Crippen LogP contribution in [0.1, 0.15) is 29.9 Å². The number of piperidine rings is 1. The van der Waals surface area contributed by atoms with Crippen LogP contribution < -0.4 is 10.1 Å². The van der Waals surface area contributed by atoms with E-state index in [0.29, 0.717) is 5.92 Å². The van der Waals surface area contributed by atoms with Gasteiger partial charge in [-0.25, -0.2) is 4.39 Å². The van der Waals surface area contributed by atoms with E-state index in [1.165, 1.54) is 0 Å². The van der Waals surface area contributed by atoms with E-state index in [1.54, 1.807) is 13.2 Å². The fraction of sp³-hybridized carbons (Fsp3) is 0.538. The number of hydrogen-bond acceptors (Lipinski definition) is 2. The lowest BCUT2D eigenvalue weighted by molar-refractivity contribution is 0.403. The van der Waals surface area contributed by atoms with Gasteiger partial charge in [0.05, 0.1) is 7.11 Å². The van der Waals surface area contributed by atoms with Crippen molar-refractivity contribution in [1.82, 2.24) is 5.32 Å². The van der Waals surface area contributed by atoms with Gasteiger partial charge in [-0.3, -0.25) is 0 Å². The van der Waals surface area contributed by atoms with Crippen LogP contribution in [0.5, 0.6) is 5.75 Å². The number of rotatable bonds is 2. The van der Waals surface area contributed by atoms with Crippen LogP contribution in [-0.2, 0) is 0 Å². The second kappa shape index (κ2) is 4.83. The standard InChI is InChI=1S/C13H18FNO/c1-9-7-12(14)11(8-13(9)16-2)10-3-5-15-6-4-10/h7-8,10,15H,3-6H2,1-2H3. The van der Waals surface area contributed by atoms with Crippen molar-refractivity contribution in [3.05, 3.63) is 29.1 Å². The molecule has 0 unspecified atom stereocenters. The first-order valence-electron chi connectivity index (χ1n) is 5.77. The third kappa shape index (κ3) is 2.19. The summed E-state index contributed by atoms with van der Waals surface area (Å²) in [7, 11) is 1.63. The summed E-state index contributed by atoms with van der Waals surface area (Å²) in [6.07, 6.45) is 2.01. The van der Waals surface area contributed by atoms with Crippen molar-refractivity contribution in [3.8, 4) is 5.75 Å². The lowest BCUT2D eigenvalue weighted by atomic mass is 9.89. The van der Waals surface area contributed by atoms with Crippen molar-refractivity contribution in [2.24, 2.45) is 0 Å². The Morgan fingerprint density at radius 2 is 2.00 bits per heavy atom. The lowest BCUT2D eigenvalue weighted by Crippen LogP contribution is -2.27. The van der Waals surface area contributed by atoms with Crippen molar-refractivity contribution in [3.63, 3.8) is 0 Å². The van der Waals surface area contributed by atoms with E-state index in [1.807, 2.05) is 13.0 Å². The molecule has 0 bridgehead atoms. The summed E-state index contributed by atoms with van der Waals surface area (Å²) in [5.41, 5.74) is 1.67. The highest BCUT2D eigenvalue weighted by Gasteiger charge is 2.20. The van der Waals surface area contributed by atoms with E-state index in [4.69, 9.17) is 4.74 Å². The maximum atomic E-state index is 13.9. The first kappa shape index (κ1) is 11.4. The summed E-state index contributed by atoms with van der Waals surface area (Å²) in [6, 6.07) is 3.44. The molecule has 1 fully saturated rings. The Bertz CT molecular complexity index is 372. The predicted octanol–water partition coefficient (Wildman–Crippen LogP) is 2.61. The third-order valence-corrected chi connectivity index (χ3v) is 3.29. The summed E-state index contributed by atoms with van der Waals surface area (Å²) < 4.78 is 19.1. The molecule has 2 rings (SSSR count). The minimum absolute atomic E-state index is 0.0924. The average Bonchev–Trinajstić information content (AvgIpc) is 2.30. The quantitative estimate of drug-likeness (QED) is 0.832. The molecule has 3 heteroatoms. The molecule has 2 nitrogen and oxygen atoms in total. The van der Waals surface area contributed by atoms with Gasteiger partial charge >= 0.3 is 0 Å². The lowest BCUT2D eigenvalue weighted by Gasteiger charge is -2.24. The number of nitrogens with one attached hydrogen (secondary N) is 1. The first-order chi connectivity index (χ1) is 7.72. The zero-order valence-corrected chi connectivity index (χ0v) is 9.85. The summed E-state index contributed by atoms with van der Waals surface area (Å²) in [5.74, 6) is 1.02. The second-order valence-corrected chi connectivity index (χ2v) is 4.37. The maximum Gasteiger partial charge on any atom is 0.127 e. The van der Waals surface area contributed by atoms with Gasteiger partial charge < -0.3 is 10.1 Å². The van der Waals surface area contributed by atoms with Crippen LogP contribution >= 0.6 is 0 Å². The average molecular weight is 223 g/mol. The van der Waals surface area contributed by atoms with E-state index in [9.17, 15) is 4.39 Å².